The number of carbonyl (C=O) groups excluding carboxylic acids is 2. The van der Waals surface area contributed by atoms with E-state index in [1.165, 1.54) is 41.8 Å². The average Bonchev–Trinajstić information content (AvgIpc) is 3.34. The summed E-state index contributed by atoms with van der Waals surface area (Å²) in [7, 11) is 2.95. The Morgan fingerprint density at radius 2 is 1.89 bits per heavy atom. The van der Waals surface area contributed by atoms with Crippen LogP contribution in [-0.4, -0.2) is 85.2 Å². The molecule has 10 nitrogen and oxygen atoms in total. The standard InChI is InChI=1S/C32H37F4N5O5S/c1-31(2,3)46-30(43)40-15-12-23(22(33)18-40)39-24-9-7-14-41-26(24)16-21(29(41)47-32(34,35)36)8-6-13-38-25-11-10-20(28(42)37-4)17-27(25)45-19-44-5/h7,9-11,14,16-17,22-23,38-39H,12-13,15,18-19H2,1-5H3,(H,37,42)/t22-,23+/m0/s1. The molecule has 1 saturated heterocycles. The first-order valence-electron chi connectivity index (χ1n) is 14.7. The summed E-state index contributed by atoms with van der Waals surface area (Å²) in [5.41, 5.74) is -3.50. The van der Waals surface area contributed by atoms with Crippen molar-refractivity contribution in [3.8, 4) is 17.6 Å². The molecule has 15 heteroatoms. The number of anilines is 2. The maximum absolute atomic E-state index is 15.3. The second-order valence-corrected chi connectivity index (χ2v) is 12.6. The summed E-state index contributed by atoms with van der Waals surface area (Å²) >= 11 is -0.293. The largest absolute Gasteiger partial charge is 0.465 e. The lowest BCUT2D eigenvalue weighted by Gasteiger charge is -2.36. The minimum absolute atomic E-state index is 0.0375. The number of aromatic nitrogens is 1. The zero-order valence-electron chi connectivity index (χ0n) is 26.6. The van der Waals surface area contributed by atoms with Crippen LogP contribution in [-0.2, 0) is 9.47 Å². The molecule has 1 aromatic carbocycles. The third kappa shape index (κ3) is 9.61. The molecule has 2 atom stereocenters. The van der Waals surface area contributed by atoms with Crippen LogP contribution in [0.3, 0.4) is 0 Å². The molecule has 254 valence electrons. The summed E-state index contributed by atoms with van der Waals surface area (Å²) in [5, 5.41) is 8.59. The van der Waals surface area contributed by atoms with Gasteiger partial charge in [-0.25, -0.2) is 9.18 Å². The number of pyridine rings is 1. The van der Waals surface area contributed by atoms with Gasteiger partial charge in [-0.1, -0.05) is 11.8 Å². The SMILES string of the molecule is CNC(=O)c1ccc(NCC#Cc2cc3c(N[C@@H]4CCN(C(=O)OC(C)(C)C)C[C@@H]4F)cccn3c2SC(F)(F)F)c(OCOC)c1. The van der Waals surface area contributed by atoms with E-state index in [1.807, 2.05) is 0 Å². The van der Waals surface area contributed by atoms with E-state index in [0.29, 0.717) is 28.2 Å². The van der Waals surface area contributed by atoms with Gasteiger partial charge < -0.3 is 39.5 Å². The van der Waals surface area contributed by atoms with E-state index in [2.05, 4.69) is 27.8 Å². The van der Waals surface area contributed by atoms with Gasteiger partial charge in [-0.2, -0.15) is 13.2 Å². The number of piperidine rings is 1. The van der Waals surface area contributed by atoms with Crippen LogP contribution >= 0.6 is 11.8 Å². The number of halogens is 4. The van der Waals surface area contributed by atoms with Crippen molar-refractivity contribution in [3.63, 3.8) is 0 Å². The minimum Gasteiger partial charge on any atom is -0.465 e. The highest BCUT2D eigenvalue weighted by molar-refractivity contribution is 8.00. The zero-order chi connectivity index (χ0) is 34.4. The van der Waals surface area contributed by atoms with Crippen LogP contribution in [0.1, 0.15) is 43.1 Å². The van der Waals surface area contributed by atoms with Crippen LogP contribution in [0.4, 0.5) is 33.7 Å². The van der Waals surface area contributed by atoms with Crippen molar-refractivity contribution in [1.82, 2.24) is 14.6 Å². The smallest absolute Gasteiger partial charge is 0.447 e. The number of nitrogens with one attached hydrogen (secondary N) is 3. The fourth-order valence-corrected chi connectivity index (χ4v) is 5.53. The fraction of sp³-hybridized carbons (Fsp3) is 0.438. The van der Waals surface area contributed by atoms with Gasteiger partial charge in [0.2, 0.25) is 0 Å². The number of alkyl halides is 4. The molecule has 47 heavy (non-hydrogen) atoms. The molecule has 0 radical (unpaired) electrons. The van der Waals surface area contributed by atoms with Crippen molar-refractivity contribution in [2.75, 3.05) is 51.2 Å². The number of ether oxygens (including phenoxy) is 3. The Kier molecular flexibility index (Phi) is 11.4. The Morgan fingerprint density at radius 1 is 1.13 bits per heavy atom. The Morgan fingerprint density at radius 3 is 2.55 bits per heavy atom. The topological polar surface area (TPSA) is 106 Å². The number of likely N-dealkylation sites (tertiary alicyclic amines) is 1. The van der Waals surface area contributed by atoms with Crippen molar-refractivity contribution in [2.45, 2.75) is 55.5 Å². The van der Waals surface area contributed by atoms with Crippen molar-refractivity contribution >= 4 is 40.7 Å². The highest BCUT2D eigenvalue weighted by Gasteiger charge is 2.35. The monoisotopic (exact) mass is 679 g/mol. The zero-order valence-corrected chi connectivity index (χ0v) is 27.4. The third-order valence-electron chi connectivity index (χ3n) is 6.90. The van der Waals surface area contributed by atoms with Gasteiger partial charge in [-0.3, -0.25) is 4.79 Å². The summed E-state index contributed by atoms with van der Waals surface area (Å²) in [5.74, 6) is 5.71. The van der Waals surface area contributed by atoms with E-state index in [1.54, 1.807) is 45.0 Å². The van der Waals surface area contributed by atoms with Gasteiger partial charge >= 0.3 is 11.6 Å². The number of methoxy groups -OCH3 is 1. The van der Waals surface area contributed by atoms with Crippen molar-refractivity contribution in [3.05, 3.63) is 53.7 Å². The normalized spacial score (nSPS) is 16.7. The minimum atomic E-state index is -4.59. The van der Waals surface area contributed by atoms with Crippen LogP contribution in [0, 0.1) is 11.8 Å². The van der Waals surface area contributed by atoms with E-state index in [-0.39, 0.29) is 61.1 Å². The van der Waals surface area contributed by atoms with Crippen LogP contribution in [0.2, 0.25) is 0 Å². The quantitative estimate of drug-likeness (QED) is 0.108. The van der Waals surface area contributed by atoms with E-state index in [9.17, 15) is 22.8 Å². The highest BCUT2D eigenvalue weighted by Crippen LogP contribution is 2.41. The van der Waals surface area contributed by atoms with Crippen LogP contribution < -0.4 is 20.7 Å². The Bertz CT molecular complexity index is 1650. The first kappa shape index (κ1) is 35.6. The Balaban J connectivity index is 1.55. The van der Waals surface area contributed by atoms with Crippen molar-refractivity contribution in [2.24, 2.45) is 0 Å². The molecule has 3 heterocycles. The predicted octanol–water partition coefficient (Wildman–Crippen LogP) is 6.12. The number of fused-ring (bicyclic) bond motifs is 1. The number of carbonyl (C=O) groups is 2. The summed E-state index contributed by atoms with van der Waals surface area (Å²) in [6.07, 6.45) is -0.281. The molecule has 0 unspecified atom stereocenters. The average molecular weight is 680 g/mol. The van der Waals surface area contributed by atoms with Gasteiger partial charge in [0.25, 0.3) is 5.91 Å². The molecule has 1 aliphatic heterocycles. The van der Waals surface area contributed by atoms with Gasteiger partial charge in [0.1, 0.15) is 22.5 Å². The molecule has 4 rings (SSSR count). The summed E-state index contributed by atoms with van der Waals surface area (Å²) < 4.78 is 73.5. The lowest BCUT2D eigenvalue weighted by Crippen LogP contribution is -2.51. The first-order valence-corrected chi connectivity index (χ1v) is 15.5. The molecule has 3 aromatic rings. The number of amides is 2. The van der Waals surface area contributed by atoms with Crippen LogP contribution in [0.25, 0.3) is 5.52 Å². The molecular formula is C32H37F4N5O5S. The van der Waals surface area contributed by atoms with Crippen LogP contribution in [0.5, 0.6) is 5.75 Å². The van der Waals surface area contributed by atoms with Crippen molar-refractivity contribution in [1.29, 1.82) is 0 Å². The molecular weight excluding hydrogens is 642 g/mol. The molecule has 3 N–H and O–H groups in total. The van der Waals surface area contributed by atoms with Gasteiger partial charge in [0.15, 0.2) is 6.79 Å². The Hall–Kier alpha value is -4.29. The predicted molar refractivity (Wildman–Crippen MR) is 172 cm³/mol. The molecule has 0 saturated carbocycles. The van der Waals surface area contributed by atoms with Crippen LogP contribution in [0.15, 0.2) is 47.6 Å². The molecule has 0 aliphatic carbocycles. The van der Waals surface area contributed by atoms with E-state index >= 15 is 4.39 Å². The second kappa shape index (κ2) is 15.1. The van der Waals surface area contributed by atoms with E-state index in [4.69, 9.17) is 14.2 Å². The molecule has 2 amide bonds. The summed E-state index contributed by atoms with van der Waals surface area (Å²) in [6.45, 7) is 5.23. The van der Waals surface area contributed by atoms with Gasteiger partial charge in [-0.05, 0) is 63.6 Å². The number of hydrogen-bond acceptors (Lipinski definition) is 8. The number of hydrogen-bond donors (Lipinski definition) is 3. The molecule has 1 aliphatic rings. The summed E-state index contributed by atoms with van der Waals surface area (Å²) in [6, 6.07) is 8.82. The summed E-state index contributed by atoms with van der Waals surface area (Å²) in [4.78, 5) is 25.8. The number of thioether (sulfide) groups is 1. The number of rotatable bonds is 9. The Labute approximate surface area is 274 Å². The number of nitrogens with zero attached hydrogens (tertiary/aromatic N) is 2. The lowest BCUT2D eigenvalue weighted by atomic mass is 10.0. The molecule has 0 spiro atoms. The lowest BCUT2D eigenvalue weighted by molar-refractivity contribution is -0.0330. The second-order valence-electron chi connectivity index (χ2n) is 11.6. The third-order valence-corrected chi connectivity index (χ3v) is 7.75. The maximum Gasteiger partial charge on any atom is 0.447 e. The van der Waals surface area contributed by atoms with Gasteiger partial charge in [0, 0.05) is 44.2 Å². The first-order chi connectivity index (χ1) is 22.2. The van der Waals surface area contributed by atoms with E-state index < -0.39 is 29.4 Å². The maximum atomic E-state index is 15.3. The van der Waals surface area contributed by atoms with Crippen molar-refractivity contribution < 1.29 is 41.4 Å². The molecule has 1 fully saturated rings. The number of benzene rings is 1. The fourth-order valence-electron chi connectivity index (χ4n) is 4.83. The van der Waals surface area contributed by atoms with Gasteiger partial charge in [-0.15, -0.1) is 0 Å². The molecule has 0 bridgehead atoms. The van der Waals surface area contributed by atoms with Gasteiger partial charge in [0.05, 0.1) is 41.6 Å². The molecule has 2 aromatic heterocycles. The van der Waals surface area contributed by atoms with E-state index in [0.717, 1.165) is 0 Å². The highest BCUT2D eigenvalue weighted by atomic mass is 32.2.